The molecule has 144 valence electrons. The van der Waals surface area contributed by atoms with Crippen LogP contribution in [0.4, 0.5) is 0 Å². The number of fused-ring (bicyclic) bond motifs is 1. The van der Waals surface area contributed by atoms with Gasteiger partial charge in [0.1, 0.15) is 12.4 Å². The first-order chi connectivity index (χ1) is 13.7. The molecule has 0 aliphatic heterocycles. The zero-order valence-corrected chi connectivity index (χ0v) is 18.4. The van der Waals surface area contributed by atoms with Crippen molar-refractivity contribution in [3.8, 4) is 22.9 Å². The van der Waals surface area contributed by atoms with E-state index in [1.54, 1.807) is 12.5 Å². The van der Waals surface area contributed by atoms with Crippen molar-refractivity contribution < 1.29 is 13.9 Å². The first-order valence-electron chi connectivity index (χ1n) is 8.89. The Balaban J connectivity index is 1.50. The smallest absolute Gasteiger partial charge is 0.212 e. The van der Waals surface area contributed by atoms with Gasteiger partial charge in [-0.15, -0.1) is 0 Å². The highest BCUT2D eigenvalue weighted by Crippen LogP contribution is 2.34. The third-order valence-corrected chi connectivity index (χ3v) is 5.60. The molecule has 4 aromatic rings. The maximum absolute atomic E-state index is 6.02. The van der Waals surface area contributed by atoms with Crippen LogP contribution in [0, 0.1) is 0 Å². The minimum absolute atomic E-state index is 0.465. The van der Waals surface area contributed by atoms with Crippen molar-refractivity contribution in [1.82, 2.24) is 9.78 Å². The average Bonchev–Trinajstić information content (AvgIpc) is 3.34. The molecule has 0 bridgehead atoms. The summed E-state index contributed by atoms with van der Waals surface area (Å²) in [5.74, 6) is 1.51. The van der Waals surface area contributed by atoms with Crippen molar-refractivity contribution >= 4 is 42.6 Å². The molecular formula is C21H18Br2N2O3. The molecule has 7 heteroatoms. The molecule has 0 fully saturated rings. The first kappa shape index (κ1) is 19.1. The molecule has 0 spiro atoms. The van der Waals surface area contributed by atoms with Gasteiger partial charge < -0.3 is 13.9 Å². The minimum atomic E-state index is 0.465. The second kappa shape index (κ2) is 8.41. The van der Waals surface area contributed by atoms with Crippen molar-refractivity contribution in [1.29, 1.82) is 0 Å². The van der Waals surface area contributed by atoms with Gasteiger partial charge in [0.15, 0.2) is 0 Å². The van der Waals surface area contributed by atoms with E-state index < -0.39 is 0 Å². The van der Waals surface area contributed by atoms with Gasteiger partial charge in [-0.2, -0.15) is 5.10 Å². The molecule has 2 heterocycles. The maximum atomic E-state index is 6.02. The van der Waals surface area contributed by atoms with Gasteiger partial charge in [0.2, 0.25) is 5.88 Å². The monoisotopic (exact) mass is 504 g/mol. The fourth-order valence-electron chi connectivity index (χ4n) is 2.97. The van der Waals surface area contributed by atoms with Gasteiger partial charge in [0.05, 0.1) is 35.8 Å². The van der Waals surface area contributed by atoms with Crippen LogP contribution < -0.4 is 9.47 Å². The Hall–Kier alpha value is -2.25. The Morgan fingerprint density at radius 3 is 2.75 bits per heavy atom. The zero-order chi connectivity index (χ0) is 19.5. The summed E-state index contributed by atoms with van der Waals surface area (Å²) in [4.78, 5) is 0. The standard InChI is InChI=1S/C21H18Br2N2O3/c1-2-27-20-12-18(15-7-9-26-13-15)24-25(20)8-10-28-19-6-3-14-11-16(22)4-5-17(14)21(19)23/h3-7,9,11-13H,2,8,10H2,1H3. The average molecular weight is 506 g/mol. The van der Waals surface area contributed by atoms with Crippen molar-refractivity contribution in [3.05, 3.63) is 63.9 Å². The third-order valence-electron chi connectivity index (χ3n) is 4.29. The quantitative estimate of drug-likeness (QED) is 0.295. The van der Waals surface area contributed by atoms with Gasteiger partial charge in [0.25, 0.3) is 0 Å². The van der Waals surface area contributed by atoms with Crippen LogP contribution in [-0.2, 0) is 6.54 Å². The fourth-order valence-corrected chi connectivity index (χ4v) is 3.96. The summed E-state index contributed by atoms with van der Waals surface area (Å²) in [6.45, 7) is 3.56. The van der Waals surface area contributed by atoms with Crippen LogP contribution in [0.5, 0.6) is 11.6 Å². The minimum Gasteiger partial charge on any atom is -0.490 e. The molecule has 5 nitrogen and oxygen atoms in total. The van der Waals surface area contributed by atoms with Gasteiger partial charge in [0, 0.05) is 16.1 Å². The van der Waals surface area contributed by atoms with E-state index in [9.17, 15) is 0 Å². The van der Waals surface area contributed by atoms with E-state index in [1.807, 2.05) is 35.9 Å². The highest BCUT2D eigenvalue weighted by atomic mass is 79.9. The molecule has 2 aromatic carbocycles. The van der Waals surface area contributed by atoms with Crippen LogP contribution in [0.3, 0.4) is 0 Å². The number of ether oxygens (including phenoxy) is 2. The molecule has 2 aromatic heterocycles. The van der Waals surface area contributed by atoms with Gasteiger partial charge in [-0.25, -0.2) is 4.68 Å². The summed E-state index contributed by atoms with van der Waals surface area (Å²) in [5, 5.41) is 6.87. The molecule has 4 rings (SSSR count). The molecule has 0 radical (unpaired) electrons. The molecule has 0 saturated carbocycles. The summed E-state index contributed by atoms with van der Waals surface area (Å²) in [6.07, 6.45) is 3.30. The number of rotatable bonds is 7. The third kappa shape index (κ3) is 3.95. The van der Waals surface area contributed by atoms with Crippen LogP contribution >= 0.6 is 31.9 Å². The molecule has 0 saturated heterocycles. The highest BCUT2D eigenvalue weighted by Gasteiger charge is 2.12. The van der Waals surface area contributed by atoms with E-state index in [-0.39, 0.29) is 0 Å². The molecule has 0 amide bonds. The van der Waals surface area contributed by atoms with Crippen molar-refractivity contribution in [2.24, 2.45) is 0 Å². The summed E-state index contributed by atoms with van der Waals surface area (Å²) in [6, 6.07) is 14.0. The molecule has 0 N–H and O–H groups in total. The molecule has 0 unspecified atom stereocenters. The Kier molecular flexibility index (Phi) is 5.73. The first-order valence-corrected chi connectivity index (χ1v) is 10.5. The van der Waals surface area contributed by atoms with E-state index in [0.29, 0.717) is 25.6 Å². The molecule has 0 atom stereocenters. The van der Waals surface area contributed by atoms with Gasteiger partial charge in [-0.3, -0.25) is 0 Å². The lowest BCUT2D eigenvalue weighted by molar-refractivity contribution is 0.259. The summed E-state index contributed by atoms with van der Waals surface area (Å²) in [5.41, 5.74) is 1.73. The predicted molar refractivity (Wildman–Crippen MR) is 116 cm³/mol. The summed E-state index contributed by atoms with van der Waals surface area (Å²) >= 11 is 7.17. The number of benzene rings is 2. The van der Waals surface area contributed by atoms with E-state index >= 15 is 0 Å². The SMILES string of the molecule is CCOc1cc(-c2ccoc2)nn1CCOc1ccc2cc(Br)ccc2c1Br. The lowest BCUT2D eigenvalue weighted by atomic mass is 10.1. The van der Waals surface area contributed by atoms with Gasteiger partial charge >= 0.3 is 0 Å². The summed E-state index contributed by atoms with van der Waals surface area (Å²) < 4.78 is 20.7. The van der Waals surface area contributed by atoms with E-state index in [1.165, 1.54) is 0 Å². The maximum Gasteiger partial charge on any atom is 0.212 e. The Morgan fingerprint density at radius 2 is 1.96 bits per heavy atom. The van der Waals surface area contributed by atoms with Crippen molar-refractivity contribution in [2.75, 3.05) is 13.2 Å². The lowest BCUT2D eigenvalue weighted by Crippen LogP contribution is -2.11. The van der Waals surface area contributed by atoms with E-state index in [0.717, 1.165) is 36.7 Å². The zero-order valence-electron chi connectivity index (χ0n) is 15.2. The Labute approximate surface area is 179 Å². The van der Waals surface area contributed by atoms with Crippen LogP contribution in [0.2, 0.25) is 0 Å². The van der Waals surface area contributed by atoms with Crippen molar-refractivity contribution in [3.63, 3.8) is 0 Å². The summed E-state index contributed by atoms with van der Waals surface area (Å²) in [7, 11) is 0. The number of furan rings is 1. The molecule has 28 heavy (non-hydrogen) atoms. The largest absolute Gasteiger partial charge is 0.490 e. The molecule has 0 aliphatic rings. The van der Waals surface area contributed by atoms with Gasteiger partial charge in [-0.1, -0.05) is 28.1 Å². The van der Waals surface area contributed by atoms with E-state index in [2.05, 4.69) is 55.2 Å². The molecule has 0 aliphatic carbocycles. The number of halogens is 2. The van der Waals surface area contributed by atoms with Gasteiger partial charge in [-0.05, 0) is 57.9 Å². The number of nitrogens with zero attached hydrogens (tertiary/aromatic N) is 2. The van der Waals surface area contributed by atoms with Crippen LogP contribution in [0.15, 0.2) is 68.4 Å². The number of hydrogen-bond donors (Lipinski definition) is 0. The normalized spacial score (nSPS) is 11.1. The van der Waals surface area contributed by atoms with Crippen LogP contribution in [0.1, 0.15) is 6.92 Å². The van der Waals surface area contributed by atoms with Crippen LogP contribution in [0.25, 0.3) is 22.0 Å². The number of aromatic nitrogens is 2. The number of hydrogen-bond acceptors (Lipinski definition) is 4. The fraction of sp³-hybridized carbons (Fsp3) is 0.190. The Bertz CT molecular complexity index is 1090. The lowest BCUT2D eigenvalue weighted by Gasteiger charge is -2.12. The molecular weight excluding hydrogens is 488 g/mol. The predicted octanol–water partition coefficient (Wildman–Crippen LogP) is 6.30. The highest BCUT2D eigenvalue weighted by molar-refractivity contribution is 9.11. The topological polar surface area (TPSA) is 49.4 Å². The second-order valence-electron chi connectivity index (χ2n) is 6.13. The van der Waals surface area contributed by atoms with Crippen LogP contribution in [-0.4, -0.2) is 23.0 Å². The Morgan fingerprint density at radius 1 is 1.07 bits per heavy atom. The van der Waals surface area contributed by atoms with E-state index in [4.69, 9.17) is 13.9 Å². The second-order valence-corrected chi connectivity index (χ2v) is 7.84. The van der Waals surface area contributed by atoms with Crippen molar-refractivity contribution in [2.45, 2.75) is 13.5 Å².